The summed E-state index contributed by atoms with van der Waals surface area (Å²) >= 11 is 5.99. The van der Waals surface area contributed by atoms with Crippen LogP contribution in [0.2, 0.25) is 5.02 Å². The first-order chi connectivity index (χ1) is 16.1. The lowest BCUT2D eigenvalue weighted by molar-refractivity contribution is -0.0421. The van der Waals surface area contributed by atoms with Crippen molar-refractivity contribution in [3.63, 3.8) is 0 Å². The zero-order valence-corrected chi connectivity index (χ0v) is 19.3. The summed E-state index contributed by atoms with van der Waals surface area (Å²) in [4.78, 5) is 12.5. The fourth-order valence-corrected chi connectivity index (χ4v) is 5.08. The quantitative estimate of drug-likeness (QED) is 0.327. The molecule has 0 spiro atoms. The molecule has 0 saturated carbocycles. The molecule has 3 heterocycles. The molecule has 5 rings (SSSR count). The van der Waals surface area contributed by atoms with E-state index in [1.165, 1.54) is 18.5 Å². The van der Waals surface area contributed by atoms with Gasteiger partial charge in [-0.05, 0) is 54.7 Å². The van der Waals surface area contributed by atoms with E-state index in [0.717, 1.165) is 0 Å². The van der Waals surface area contributed by atoms with E-state index in [1.807, 2.05) is 13.0 Å². The lowest BCUT2D eigenvalue weighted by atomic mass is 9.84. The van der Waals surface area contributed by atoms with E-state index in [4.69, 9.17) is 23.1 Å². The highest BCUT2D eigenvalue weighted by Gasteiger charge is 2.47. The van der Waals surface area contributed by atoms with Crippen LogP contribution in [0.15, 0.2) is 48.4 Å². The van der Waals surface area contributed by atoms with Gasteiger partial charge in [0.1, 0.15) is 41.1 Å². The Morgan fingerprint density at radius 3 is 2.74 bits per heavy atom. The van der Waals surface area contributed by atoms with E-state index in [2.05, 4.69) is 15.0 Å². The van der Waals surface area contributed by atoms with Gasteiger partial charge in [-0.3, -0.25) is 0 Å². The number of nitrogens with two attached hydrogens (primary N) is 2. The number of rotatable bonds is 4. The molecule has 0 radical (unpaired) electrons. The predicted molar refractivity (Wildman–Crippen MR) is 130 cm³/mol. The molecular formula is C24H24ClFN6O2. The Morgan fingerprint density at radius 1 is 1.21 bits per heavy atom. The molecule has 3 aromatic heterocycles. The number of aromatic nitrogens is 4. The van der Waals surface area contributed by atoms with E-state index in [1.54, 1.807) is 29.8 Å². The second kappa shape index (κ2) is 7.90. The van der Waals surface area contributed by atoms with Crippen LogP contribution in [-0.4, -0.2) is 41.4 Å². The van der Waals surface area contributed by atoms with Gasteiger partial charge in [-0.15, -0.1) is 0 Å². The van der Waals surface area contributed by atoms with Crippen molar-refractivity contribution in [1.29, 1.82) is 0 Å². The van der Waals surface area contributed by atoms with Crippen molar-refractivity contribution in [1.82, 2.24) is 19.5 Å². The number of aliphatic hydroxyl groups is 2. The first kappa shape index (κ1) is 22.5. The molecule has 34 heavy (non-hydrogen) atoms. The number of fused-ring (bicyclic) bond motifs is 2. The summed E-state index contributed by atoms with van der Waals surface area (Å²) in [5.74, 6) is -0.183. The molecule has 1 aromatic carbocycles. The van der Waals surface area contributed by atoms with Gasteiger partial charge in [-0.2, -0.15) is 0 Å². The molecule has 10 heteroatoms. The van der Waals surface area contributed by atoms with Crippen molar-refractivity contribution in [3.05, 3.63) is 64.8 Å². The summed E-state index contributed by atoms with van der Waals surface area (Å²) < 4.78 is 16.5. The largest absolute Gasteiger partial charge is 0.387 e. The molecule has 4 aromatic rings. The van der Waals surface area contributed by atoms with Gasteiger partial charge < -0.3 is 26.2 Å². The smallest absolute Gasteiger partial charge is 0.146 e. The number of halogens is 2. The van der Waals surface area contributed by atoms with Crippen LogP contribution in [0.1, 0.15) is 25.5 Å². The van der Waals surface area contributed by atoms with Crippen LogP contribution < -0.4 is 11.5 Å². The van der Waals surface area contributed by atoms with Crippen LogP contribution in [0.3, 0.4) is 0 Å². The highest BCUT2D eigenvalue weighted by molar-refractivity contribution is 6.33. The number of benzene rings is 1. The zero-order valence-electron chi connectivity index (χ0n) is 18.6. The van der Waals surface area contributed by atoms with Crippen molar-refractivity contribution >= 4 is 45.2 Å². The minimum absolute atomic E-state index is 0.134. The monoisotopic (exact) mass is 482 g/mol. The number of nitrogens with zero attached hydrogens (tertiary/aromatic N) is 4. The van der Waals surface area contributed by atoms with E-state index >= 15 is 0 Å². The summed E-state index contributed by atoms with van der Waals surface area (Å²) in [6.45, 7) is 3.51. The fourth-order valence-electron chi connectivity index (χ4n) is 4.93. The second-order valence-electron chi connectivity index (χ2n) is 9.03. The van der Waals surface area contributed by atoms with Gasteiger partial charge >= 0.3 is 0 Å². The predicted octanol–water partition coefficient (Wildman–Crippen LogP) is 3.41. The van der Waals surface area contributed by atoms with E-state index in [0.29, 0.717) is 45.3 Å². The summed E-state index contributed by atoms with van der Waals surface area (Å²) in [5.41, 5.74) is 12.6. The van der Waals surface area contributed by atoms with Gasteiger partial charge in [0.15, 0.2) is 0 Å². The van der Waals surface area contributed by atoms with E-state index in [9.17, 15) is 14.6 Å². The van der Waals surface area contributed by atoms with Crippen LogP contribution in [0, 0.1) is 11.7 Å². The topological polar surface area (TPSA) is 136 Å². The lowest BCUT2D eigenvalue weighted by Crippen LogP contribution is -2.42. The van der Waals surface area contributed by atoms with Gasteiger partial charge in [-0.1, -0.05) is 24.6 Å². The highest BCUT2D eigenvalue weighted by Crippen LogP contribution is 2.43. The molecule has 1 unspecified atom stereocenters. The van der Waals surface area contributed by atoms with Crippen LogP contribution in [-0.2, 0) is 6.42 Å². The number of aliphatic hydroxyl groups excluding tert-OH is 1. The molecule has 1 aliphatic carbocycles. The Hall–Kier alpha value is -3.27. The van der Waals surface area contributed by atoms with Crippen molar-refractivity contribution in [2.45, 2.75) is 38.0 Å². The maximum absolute atomic E-state index is 14.8. The summed E-state index contributed by atoms with van der Waals surface area (Å²) in [5, 5.41) is 23.5. The van der Waals surface area contributed by atoms with Crippen LogP contribution in [0.25, 0.3) is 21.9 Å². The Balaban J connectivity index is 1.50. The second-order valence-corrected chi connectivity index (χ2v) is 9.44. The summed E-state index contributed by atoms with van der Waals surface area (Å²) in [6.07, 6.45) is 4.28. The molecule has 1 aliphatic rings. The minimum Gasteiger partial charge on any atom is -0.387 e. The zero-order chi connectivity index (χ0) is 24.4. The first-order valence-electron chi connectivity index (χ1n) is 10.8. The minimum atomic E-state index is -1.50. The molecule has 0 fully saturated rings. The number of nitrogen functional groups attached to an aromatic ring is 2. The lowest BCUT2D eigenvalue weighted by Gasteiger charge is -2.31. The molecule has 6 N–H and O–H groups in total. The molecule has 0 saturated heterocycles. The Bertz CT molecular complexity index is 1470. The first-order valence-corrected chi connectivity index (χ1v) is 11.2. The van der Waals surface area contributed by atoms with Gasteiger partial charge in [0.25, 0.3) is 0 Å². The normalized spacial score (nSPS) is 23.5. The van der Waals surface area contributed by atoms with Crippen LogP contribution in [0.4, 0.5) is 16.0 Å². The number of anilines is 2. The third kappa shape index (κ3) is 3.48. The van der Waals surface area contributed by atoms with Gasteiger partial charge in [0.2, 0.25) is 0 Å². The third-order valence-corrected chi connectivity index (χ3v) is 7.00. The molecule has 0 amide bonds. The molecule has 176 valence electrons. The number of pyridine rings is 1. The summed E-state index contributed by atoms with van der Waals surface area (Å²) in [6, 6.07) is 5.88. The third-order valence-electron chi connectivity index (χ3n) is 6.69. The van der Waals surface area contributed by atoms with E-state index in [-0.39, 0.29) is 16.8 Å². The number of hydrogen-bond donors (Lipinski definition) is 4. The molecular weight excluding hydrogens is 459 g/mol. The van der Waals surface area contributed by atoms with E-state index < -0.39 is 23.6 Å². The molecule has 8 nitrogen and oxygen atoms in total. The van der Waals surface area contributed by atoms with Gasteiger partial charge in [0.05, 0.1) is 22.0 Å². The van der Waals surface area contributed by atoms with Crippen molar-refractivity contribution in [2.75, 3.05) is 11.5 Å². The van der Waals surface area contributed by atoms with Gasteiger partial charge in [-0.25, -0.2) is 19.3 Å². The highest BCUT2D eigenvalue weighted by atomic mass is 35.5. The maximum atomic E-state index is 14.8. The number of hydrogen-bond acceptors (Lipinski definition) is 7. The fraction of sp³-hybridized carbons (Fsp3) is 0.292. The average molecular weight is 483 g/mol. The SMILES string of the molecule is CC(Cc1cc(F)c2cc(Cl)c(N)nc2c1)C1=C[C@@H](n2ccc3c(N)ncnc32)[C@H](O)[C@]1(C)O. The standard InChI is InChI=1S/C24H24ClFN6O2/c1-11(5-12-6-17(26)14-8-16(25)22(28)31-18(14)7-12)15-9-19(20(33)24(15,2)34)32-4-3-13-21(27)29-10-30-23(13)32/h3-4,6-11,19-20,33-34H,5H2,1-2H3,(H2,28,31)(H2,27,29,30)/t11?,19-,20+,24-/m1/s1. The Kier molecular flexibility index (Phi) is 5.23. The van der Waals surface area contributed by atoms with Crippen LogP contribution >= 0.6 is 11.6 Å². The van der Waals surface area contributed by atoms with Crippen molar-refractivity contribution in [3.8, 4) is 0 Å². The maximum Gasteiger partial charge on any atom is 0.146 e. The van der Waals surface area contributed by atoms with Gasteiger partial charge in [0, 0.05) is 11.6 Å². The Morgan fingerprint density at radius 2 is 1.97 bits per heavy atom. The van der Waals surface area contributed by atoms with Crippen LogP contribution in [0.5, 0.6) is 0 Å². The molecule has 0 aliphatic heterocycles. The van der Waals surface area contributed by atoms with Crippen molar-refractivity contribution in [2.24, 2.45) is 5.92 Å². The molecule has 4 atom stereocenters. The molecule has 0 bridgehead atoms. The Labute approximate surface area is 199 Å². The summed E-state index contributed by atoms with van der Waals surface area (Å²) in [7, 11) is 0. The average Bonchev–Trinajstić information content (AvgIpc) is 3.29. The van der Waals surface area contributed by atoms with Crippen molar-refractivity contribution < 1.29 is 14.6 Å².